The van der Waals surface area contributed by atoms with Crippen molar-refractivity contribution in [2.45, 2.75) is 6.92 Å². The molecule has 0 heterocycles. The molecule has 75 valence electrons. The molecule has 0 bridgehead atoms. The van der Waals surface area contributed by atoms with Gasteiger partial charge >= 0.3 is 7.69 Å². The lowest BCUT2D eigenvalue weighted by Gasteiger charge is -2.04. The van der Waals surface area contributed by atoms with Gasteiger partial charge in [-0.2, -0.15) is 0 Å². The molecule has 0 atom stereocenters. The second kappa shape index (κ2) is 7.41. The predicted molar refractivity (Wildman–Crippen MR) is 57.3 cm³/mol. The Balaban J connectivity index is 1.99. The quantitative estimate of drug-likeness (QED) is 0.520. The number of benzene rings is 1. The van der Waals surface area contributed by atoms with E-state index < -0.39 is 0 Å². The van der Waals surface area contributed by atoms with Gasteiger partial charge in [0.15, 0.2) is 0 Å². The van der Waals surface area contributed by atoms with E-state index in [1.165, 1.54) is 7.69 Å². The van der Waals surface area contributed by atoms with Gasteiger partial charge in [0.25, 0.3) is 0 Å². The predicted octanol–water partition coefficient (Wildman–Crippen LogP) is 1.23. The van der Waals surface area contributed by atoms with Crippen LogP contribution in [0.2, 0.25) is 0 Å². The van der Waals surface area contributed by atoms with Gasteiger partial charge in [0.05, 0.1) is 5.75 Å². The summed E-state index contributed by atoms with van der Waals surface area (Å²) in [7, 11) is 1.37. The summed E-state index contributed by atoms with van der Waals surface area (Å²) in [5.74, 6) is 0.788. The normalized spacial score (nSPS) is 9.79. The molecule has 0 unspecified atom stereocenters. The van der Waals surface area contributed by atoms with Gasteiger partial charge < -0.3 is 14.6 Å². The number of nitrogens with one attached hydrogen (secondary N) is 1. The summed E-state index contributed by atoms with van der Waals surface area (Å²) in [5, 5.41) is 3.15. The largest absolute Gasteiger partial charge is 0.572 e. The van der Waals surface area contributed by atoms with Gasteiger partial charge in [-0.1, -0.05) is 25.1 Å². The molecule has 0 saturated carbocycles. The first-order valence-electron chi connectivity index (χ1n) is 4.79. The highest BCUT2D eigenvalue weighted by Crippen LogP contribution is 2.06. The Morgan fingerprint density at radius 2 is 2.07 bits per heavy atom. The first-order chi connectivity index (χ1) is 6.93. The lowest BCUT2D eigenvalue weighted by molar-refractivity contribution is 0.288. The second-order valence-corrected chi connectivity index (χ2v) is 2.75. The molecule has 1 aromatic carbocycles. The monoisotopic (exact) mass is 192 g/mol. The fraction of sp³-hybridized carbons (Fsp3) is 0.400. The lowest BCUT2D eigenvalue weighted by atomic mass is 10.3. The fourth-order valence-corrected chi connectivity index (χ4v) is 0.945. The van der Waals surface area contributed by atoms with Crippen molar-refractivity contribution >= 4 is 7.69 Å². The topological polar surface area (TPSA) is 30.5 Å². The zero-order valence-electron chi connectivity index (χ0n) is 8.40. The number of para-hydroxylation sites is 1. The molecule has 1 rings (SSSR count). The molecule has 3 nitrogen and oxygen atoms in total. The highest BCUT2D eigenvalue weighted by Gasteiger charge is 1.96. The molecule has 0 aliphatic rings. The molecule has 0 fully saturated rings. The number of rotatable bonds is 7. The Labute approximate surface area is 85.7 Å². The van der Waals surface area contributed by atoms with Crippen LogP contribution in [0.5, 0.6) is 5.75 Å². The van der Waals surface area contributed by atoms with Gasteiger partial charge in [0.2, 0.25) is 0 Å². The molecular weight excluding hydrogens is 177 g/mol. The van der Waals surface area contributed by atoms with Crippen LogP contribution in [0.1, 0.15) is 6.92 Å². The van der Waals surface area contributed by atoms with E-state index in [0.29, 0.717) is 6.61 Å². The lowest BCUT2D eigenvalue weighted by Crippen LogP contribution is -2.21. The third-order valence-electron chi connectivity index (χ3n) is 1.64. The Kier molecular flexibility index (Phi) is 5.87. The second-order valence-electron chi connectivity index (χ2n) is 2.75. The van der Waals surface area contributed by atoms with Crippen LogP contribution in [0.4, 0.5) is 0 Å². The number of hydrogen-bond donors (Lipinski definition) is 1. The Hall–Kier alpha value is -0.995. The zero-order valence-corrected chi connectivity index (χ0v) is 8.40. The van der Waals surface area contributed by atoms with Crippen LogP contribution in [0.25, 0.3) is 0 Å². The van der Waals surface area contributed by atoms with E-state index in [-0.39, 0.29) is 0 Å². The standard InChI is InChI=1S/C10H15BNO2/c1-2-12-8-9-13-11-14-10-6-4-3-5-7-10/h3-7,12H,2,8-9H2,1H3. The zero-order chi connectivity index (χ0) is 10.1. The van der Waals surface area contributed by atoms with E-state index in [4.69, 9.17) is 9.31 Å². The average molecular weight is 192 g/mol. The minimum atomic E-state index is 0.626. The molecule has 0 amide bonds. The van der Waals surface area contributed by atoms with Gasteiger partial charge in [0.1, 0.15) is 0 Å². The molecule has 1 N–H and O–H groups in total. The molecule has 0 aliphatic carbocycles. The molecular formula is C10H15BNO2. The first-order valence-corrected chi connectivity index (χ1v) is 4.79. The average Bonchev–Trinajstić information content (AvgIpc) is 2.25. The summed E-state index contributed by atoms with van der Waals surface area (Å²) in [6, 6.07) is 9.54. The molecule has 0 aromatic heterocycles. The van der Waals surface area contributed by atoms with Gasteiger partial charge in [-0.05, 0) is 18.7 Å². The van der Waals surface area contributed by atoms with Gasteiger partial charge in [-0.25, -0.2) is 0 Å². The number of hydrogen-bond acceptors (Lipinski definition) is 3. The van der Waals surface area contributed by atoms with Crippen molar-refractivity contribution in [3.05, 3.63) is 30.3 Å². The molecule has 1 aromatic rings. The minimum absolute atomic E-state index is 0.626. The first kappa shape index (κ1) is 11.1. The van der Waals surface area contributed by atoms with Gasteiger partial charge in [-0.3, -0.25) is 0 Å². The summed E-state index contributed by atoms with van der Waals surface area (Å²) >= 11 is 0. The third kappa shape index (κ3) is 4.89. The van der Waals surface area contributed by atoms with Crippen LogP contribution in [-0.4, -0.2) is 27.4 Å². The van der Waals surface area contributed by atoms with Crippen LogP contribution in [-0.2, 0) is 4.65 Å². The molecule has 1 radical (unpaired) electrons. The Morgan fingerprint density at radius 3 is 2.79 bits per heavy atom. The van der Waals surface area contributed by atoms with Crippen LogP contribution in [0.15, 0.2) is 30.3 Å². The molecule has 0 saturated heterocycles. The highest BCUT2D eigenvalue weighted by molar-refractivity contribution is 6.19. The smallest absolute Gasteiger partial charge is 0.537 e. The molecule has 0 spiro atoms. The van der Waals surface area contributed by atoms with Crippen LogP contribution in [0.3, 0.4) is 0 Å². The highest BCUT2D eigenvalue weighted by atomic mass is 16.6. The van der Waals surface area contributed by atoms with Crippen LogP contribution >= 0.6 is 0 Å². The van der Waals surface area contributed by atoms with Crippen LogP contribution in [0, 0.1) is 0 Å². The summed E-state index contributed by atoms with van der Waals surface area (Å²) in [4.78, 5) is 0. The fourth-order valence-electron chi connectivity index (χ4n) is 0.945. The summed E-state index contributed by atoms with van der Waals surface area (Å²) in [5.41, 5.74) is 0. The van der Waals surface area contributed by atoms with E-state index in [0.717, 1.165) is 18.8 Å². The van der Waals surface area contributed by atoms with E-state index in [2.05, 4.69) is 12.2 Å². The SMILES string of the molecule is CCNCCO[B]Oc1ccccc1. The van der Waals surface area contributed by atoms with E-state index in [1.807, 2.05) is 30.3 Å². The summed E-state index contributed by atoms with van der Waals surface area (Å²) < 4.78 is 10.3. The van der Waals surface area contributed by atoms with E-state index >= 15 is 0 Å². The van der Waals surface area contributed by atoms with Gasteiger partial charge in [0, 0.05) is 13.2 Å². The summed E-state index contributed by atoms with van der Waals surface area (Å²) in [6.45, 7) is 4.49. The Bertz CT molecular complexity index is 231. The van der Waals surface area contributed by atoms with Crippen molar-refractivity contribution in [1.82, 2.24) is 5.32 Å². The van der Waals surface area contributed by atoms with Crippen LogP contribution < -0.4 is 9.97 Å². The maximum atomic E-state index is 5.21. The molecule has 0 aliphatic heterocycles. The Morgan fingerprint density at radius 1 is 1.29 bits per heavy atom. The maximum Gasteiger partial charge on any atom is 0.572 e. The van der Waals surface area contributed by atoms with Crippen molar-refractivity contribution in [2.24, 2.45) is 0 Å². The van der Waals surface area contributed by atoms with Crippen molar-refractivity contribution in [3.63, 3.8) is 0 Å². The number of likely N-dealkylation sites (N-methyl/N-ethyl adjacent to an activating group) is 1. The van der Waals surface area contributed by atoms with Gasteiger partial charge in [-0.15, -0.1) is 0 Å². The van der Waals surface area contributed by atoms with Crippen molar-refractivity contribution in [3.8, 4) is 5.75 Å². The third-order valence-corrected chi connectivity index (χ3v) is 1.64. The molecule has 4 heteroatoms. The van der Waals surface area contributed by atoms with E-state index in [9.17, 15) is 0 Å². The molecule has 14 heavy (non-hydrogen) atoms. The van der Waals surface area contributed by atoms with Crippen molar-refractivity contribution < 1.29 is 9.31 Å². The van der Waals surface area contributed by atoms with Crippen molar-refractivity contribution in [2.75, 3.05) is 19.7 Å². The summed E-state index contributed by atoms with van der Waals surface area (Å²) in [6.07, 6.45) is 0. The van der Waals surface area contributed by atoms with E-state index in [1.54, 1.807) is 0 Å². The van der Waals surface area contributed by atoms with Crippen molar-refractivity contribution in [1.29, 1.82) is 0 Å². The maximum absolute atomic E-state index is 5.21. The minimum Gasteiger partial charge on any atom is -0.537 e.